The maximum absolute atomic E-state index is 13.2. The molecule has 2 aromatic rings. The number of nitrogens with zero attached hydrogens (tertiary/aromatic N) is 1. The van der Waals surface area contributed by atoms with Crippen LogP contribution in [0.5, 0.6) is 5.75 Å². The first kappa shape index (κ1) is 24.7. The normalized spacial score (nSPS) is 22.0. The predicted octanol–water partition coefficient (Wildman–Crippen LogP) is 5.15. The van der Waals surface area contributed by atoms with Crippen molar-refractivity contribution < 1.29 is 24.2 Å². The van der Waals surface area contributed by atoms with Crippen molar-refractivity contribution in [3.05, 3.63) is 83.4 Å². The van der Waals surface area contributed by atoms with Crippen LogP contribution >= 0.6 is 0 Å². The number of likely N-dealkylation sites (tertiary alicyclic amines) is 1. The van der Waals surface area contributed by atoms with Crippen LogP contribution < -0.4 is 4.74 Å². The van der Waals surface area contributed by atoms with Gasteiger partial charge in [-0.15, -0.1) is 0 Å². The summed E-state index contributed by atoms with van der Waals surface area (Å²) < 4.78 is 11.3. The molecule has 2 saturated heterocycles. The fourth-order valence-corrected chi connectivity index (χ4v) is 4.61. The summed E-state index contributed by atoms with van der Waals surface area (Å²) in [7, 11) is 0. The average Bonchev–Trinajstić information content (AvgIpc) is 3.44. The van der Waals surface area contributed by atoms with Crippen molar-refractivity contribution in [1.29, 1.82) is 0 Å². The number of aliphatic hydroxyl groups excluding tert-OH is 1. The summed E-state index contributed by atoms with van der Waals surface area (Å²) in [5, 5.41) is 11.3. The number of ketones is 1. The molecule has 2 aromatic carbocycles. The lowest BCUT2D eigenvalue weighted by Crippen LogP contribution is -2.36. The molecule has 1 amide bonds. The largest absolute Gasteiger partial charge is 0.507 e. The van der Waals surface area contributed by atoms with Gasteiger partial charge in [-0.3, -0.25) is 9.59 Å². The number of Topliss-reactive ketones (excluding diaryl/α,β-unsaturated/α-hetero) is 1. The van der Waals surface area contributed by atoms with E-state index in [4.69, 9.17) is 9.47 Å². The average molecular weight is 476 g/mol. The Morgan fingerprint density at radius 3 is 2.40 bits per heavy atom. The molecule has 0 saturated carbocycles. The van der Waals surface area contributed by atoms with Gasteiger partial charge in [-0.25, -0.2) is 0 Å². The molecular formula is C29H33NO5. The van der Waals surface area contributed by atoms with E-state index >= 15 is 0 Å². The van der Waals surface area contributed by atoms with Crippen molar-refractivity contribution in [1.82, 2.24) is 4.90 Å². The van der Waals surface area contributed by atoms with E-state index in [1.165, 1.54) is 0 Å². The Bertz CT molecular complexity index is 1120. The molecule has 2 heterocycles. The second-order valence-corrected chi connectivity index (χ2v) is 10.1. The maximum Gasteiger partial charge on any atom is 0.295 e. The monoisotopic (exact) mass is 475 g/mol. The van der Waals surface area contributed by atoms with Crippen LogP contribution in [0.1, 0.15) is 56.3 Å². The first-order chi connectivity index (χ1) is 16.7. The van der Waals surface area contributed by atoms with Crippen molar-refractivity contribution in [3.8, 4) is 5.75 Å². The number of benzene rings is 2. The molecule has 0 aromatic heterocycles. The van der Waals surface area contributed by atoms with Crippen molar-refractivity contribution >= 4 is 17.4 Å². The molecular weight excluding hydrogens is 442 g/mol. The number of hydrogen-bond acceptors (Lipinski definition) is 5. The van der Waals surface area contributed by atoms with Crippen LogP contribution in [-0.2, 0) is 19.7 Å². The SMILES string of the molecule is C=CCOc1ccc(C(O)=C2C(=O)C(=O)N(CC3CCCO3)C2c2ccc(C(C)(C)C)cc2)cc1. The van der Waals surface area contributed by atoms with Crippen molar-refractivity contribution in [2.24, 2.45) is 0 Å². The molecule has 6 heteroatoms. The van der Waals surface area contributed by atoms with E-state index in [1.54, 1.807) is 35.2 Å². The van der Waals surface area contributed by atoms with Gasteiger partial charge in [0.2, 0.25) is 0 Å². The van der Waals surface area contributed by atoms with Gasteiger partial charge in [-0.2, -0.15) is 0 Å². The summed E-state index contributed by atoms with van der Waals surface area (Å²) in [5.41, 5.74) is 2.43. The molecule has 184 valence electrons. The van der Waals surface area contributed by atoms with E-state index < -0.39 is 17.7 Å². The standard InChI is InChI=1S/C29H33NO5/c1-5-16-34-22-14-10-20(11-15-22)26(31)24-25(19-8-12-21(13-9-19)29(2,3)4)30(28(33)27(24)32)18-23-7-6-17-35-23/h5,8-15,23,25,31H,1,6-7,16-18H2,2-4H3. The minimum atomic E-state index is -0.690. The molecule has 0 spiro atoms. The van der Waals surface area contributed by atoms with Crippen LogP contribution in [0.25, 0.3) is 5.76 Å². The van der Waals surface area contributed by atoms with Gasteiger partial charge in [0, 0.05) is 18.7 Å². The molecule has 2 aliphatic heterocycles. The Labute approximate surface area is 206 Å². The molecule has 35 heavy (non-hydrogen) atoms. The lowest BCUT2D eigenvalue weighted by Gasteiger charge is -2.28. The van der Waals surface area contributed by atoms with Gasteiger partial charge in [0.05, 0.1) is 17.7 Å². The summed E-state index contributed by atoms with van der Waals surface area (Å²) >= 11 is 0. The number of carbonyl (C=O) groups excluding carboxylic acids is 2. The smallest absolute Gasteiger partial charge is 0.295 e. The Balaban J connectivity index is 1.76. The maximum atomic E-state index is 13.2. The van der Waals surface area contributed by atoms with Crippen molar-refractivity contribution in [2.45, 2.75) is 51.2 Å². The lowest BCUT2D eigenvalue weighted by molar-refractivity contribution is -0.140. The third-order valence-corrected chi connectivity index (χ3v) is 6.55. The van der Waals surface area contributed by atoms with Crippen LogP contribution in [-0.4, -0.2) is 47.6 Å². The van der Waals surface area contributed by atoms with E-state index in [0.717, 1.165) is 24.0 Å². The van der Waals surface area contributed by atoms with Gasteiger partial charge in [-0.05, 0) is 53.6 Å². The van der Waals surface area contributed by atoms with Crippen molar-refractivity contribution in [3.63, 3.8) is 0 Å². The topological polar surface area (TPSA) is 76.1 Å². The highest BCUT2D eigenvalue weighted by molar-refractivity contribution is 6.46. The molecule has 2 atom stereocenters. The Kier molecular flexibility index (Phi) is 7.13. The first-order valence-corrected chi connectivity index (χ1v) is 12.1. The van der Waals surface area contributed by atoms with Crippen LogP contribution in [0.4, 0.5) is 0 Å². The minimum absolute atomic E-state index is 0.0343. The molecule has 6 nitrogen and oxygen atoms in total. The first-order valence-electron chi connectivity index (χ1n) is 12.1. The minimum Gasteiger partial charge on any atom is -0.507 e. The zero-order valence-electron chi connectivity index (χ0n) is 20.6. The number of rotatable bonds is 7. The van der Waals surface area contributed by atoms with Crippen LogP contribution in [0.3, 0.4) is 0 Å². The Hall–Kier alpha value is -3.38. The van der Waals surface area contributed by atoms with Crippen LogP contribution in [0.15, 0.2) is 66.8 Å². The second-order valence-electron chi connectivity index (χ2n) is 10.1. The van der Waals surface area contributed by atoms with Crippen LogP contribution in [0.2, 0.25) is 0 Å². The van der Waals surface area contributed by atoms with Gasteiger partial charge >= 0.3 is 0 Å². The van der Waals surface area contributed by atoms with Gasteiger partial charge < -0.3 is 19.5 Å². The Morgan fingerprint density at radius 1 is 1.14 bits per heavy atom. The second kappa shape index (κ2) is 10.1. The number of ether oxygens (including phenoxy) is 2. The summed E-state index contributed by atoms with van der Waals surface area (Å²) in [6, 6.07) is 14.0. The fourth-order valence-electron chi connectivity index (χ4n) is 4.61. The molecule has 4 rings (SSSR count). The molecule has 1 N–H and O–H groups in total. The number of carbonyl (C=O) groups is 2. The molecule has 0 aliphatic carbocycles. The van der Waals surface area contributed by atoms with E-state index in [0.29, 0.717) is 31.1 Å². The molecule has 2 fully saturated rings. The zero-order chi connectivity index (χ0) is 25.2. The summed E-state index contributed by atoms with van der Waals surface area (Å²) in [6.07, 6.45) is 3.30. The summed E-state index contributed by atoms with van der Waals surface area (Å²) in [4.78, 5) is 28.0. The third kappa shape index (κ3) is 5.17. The molecule has 2 unspecified atom stereocenters. The van der Waals surface area contributed by atoms with E-state index in [2.05, 4.69) is 27.4 Å². The Morgan fingerprint density at radius 2 is 1.83 bits per heavy atom. The molecule has 0 bridgehead atoms. The van der Waals surface area contributed by atoms with Crippen LogP contribution in [0, 0.1) is 0 Å². The lowest BCUT2D eigenvalue weighted by atomic mass is 9.85. The highest BCUT2D eigenvalue weighted by Crippen LogP contribution is 2.40. The number of aliphatic hydroxyl groups is 1. The molecule has 2 aliphatic rings. The summed E-state index contributed by atoms with van der Waals surface area (Å²) in [6.45, 7) is 11.4. The fraction of sp³-hybridized carbons (Fsp3) is 0.379. The highest BCUT2D eigenvalue weighted by atomic mass is 16.5. The zero-order valence-corrected chi connectivity index (χ0v) is 20.6. The van der Waals surface area contributed by atoms with Gasteiger partial charge in [0.1, 0.15) is 18.1 Å². The number of amides is 1. The number of hydrogen-bond donors (Lipinski definition) is 1. The van der Waals surface area contributed by atoms with Gasteiger partial charge in [0.25, 0.3) is 11.7 Å². The van der Waals surface area contributed by atoms with E-state index in [1.807, 2.05) is 24.3 Å². The summed E-state index contributed by atoms with van der Waals surface area (Å²) in [5.74, 6) is -0.872. The van der Waals surface area contributed by atoms with E-state index in [-0.39, 0.29) is 22.9 Å². The van der Waals surface area contributed by atoms with Gasteiger partial charge in [0.15, 0.2) is 0 Å². The highest BCUT2D eigenvalue weighted by Gasteiger charge is 2.47. The third-order valence-electron chi connectivity index (χ3n) is 6.55. The van der Waals surface area contributed by atoms with E-state index in [9.17, 15) is 14.7 Å². The van der Waals surface area contributed by atoms with Gasteiger partial charge in [-0.1, -0.05) is 57.7 Å². The molecule has 0 radical (unpaired) electrons. The predicted molar refractivity (Wildman–Crippen MR) is 135 cm³/mol. The van der Waals surface area contributed by atoms with Crippen molar-refractivity contribution in [2.75, 3.05) is 19.8 Å². The quantitative estimate of drug-likeness (QED) is 0.259.